The molecule has 1 heterocycles. The molecule has 3 nitrogen and oxygen atoms in total. The summed E-state index contributed by atoms with van der Waals surface area (Å²) < 4.78 is 1.05. The minimum absolute atomic E-state index is 0.0112. The largest absolute Gasteiger partial charge is 0.348 e. The van der Waals surface area contributed by atoms with E-state index in [2.05, 4.69) is 38.7 Å². The molecule has 2 N–H and O–H groups in total. The van der Waals surface area contributed by atoms with Gasteiger partial charge < -0.3 is 10.6 Å². The zero-order valence-electron chi connectivity index (χ0n) is 11.7. The summed E-state index contributed by atoms with van der Waals surface area (Å²) in [6.07, 6.45) is 3.76. The Bertz CT molecular complexity index is 505. The lowest BCUT2D eigenvalue weighted by Gasteiger charge is -2.21. The highest BCUT2D eigenvalue weighted by atomic mass is 79.9. The minimum atomic E-state index is 0.0112. The molecule has 4 atom stereocenters. The molecular formula is C16H21BrN2O. The molecule has 20 heavy (non-hydrogen) atoms. The average molecular weight is 337 g/mol. The van der Waals surface area contributed by atoms with Gasteiger partial charge in [-0.2, -0.15) is 0 Å². The van der Waals surface area contributed by atoms with Crippen LogP contribution in [0.4, 0.5) is 0 Å². The van der Waals surface area contributed by atoms with Gasteiger partial charge in [-0.3, -0.25) is 4.79 Å². The number of fused-ring (bicyclic) bond motifs is 1. The van der Waals surface area contributed by atoms with E-state index in [0.29, 0.717) is 11.8 Å². The molecule has 1 amide bonds. The number of carbonyl (C=O) groups is 1. The zero-order chi connectivity index (χ0) is 14.1. The molecule has 0 radical (unpaired) electrons. The molecule has 0 bridgehead atoms. The van der Waals surface area contributed by atoms with Gasteiger partial charge in [0.05, 0.1) is 12.1 Å². The topological polar surface area (TPSA) is 41.1 Å². The second kappa shape index (κ2) is 5.86. The van der Waals surface area contributed by atoms with Gasteiger partial charge >= 0.3 is 0 Å². The standard InChI is InChI=1S/C16H21BrN2O/c1-10(11-4-2-6-13(17)8-11)19-16(20)15-14-7-3-5-12(14)9-18-15/h2,4,6,8,10,12,14-15,18H,3,5,7,9H2,1H3,(H,19,20)/t10-,12?,14?,15?/m1/s1. The Hall–Kier alpha value is -0.870. The smallest absolute Gasteiger partial charge is 0.237 e. The van der Waals surface area contributed by atoms with Crippen LogP contribution in [0.1, 0.15) is 37.8 Å². The molecule has 3 unspecified atom stereocenters. The molecule has 2 fully saturated rings. The predicted octanol–water partition coefficient (Wildman–Crippen LogP) is 3.01. The summed E-state index contributed by atoms with van der Waals surface area (Å²) in [5.74, 6) is 1.42. The van der Waals surface area contributed by atoms with Gasteiger partial charge in [0, 0.05) is 4.47 Å². The van der Waals surface area contributed by atoms with Crippen LogP contribution in [0.25, 0.3) is 0 Å². The summed E-state index contributed by atoms with van der Waals surface area (Å²) >= 11 is 3.47. The first kappa shape index (κ1) is 14.1. The molecule has 0 spiro atoms. The van der Waals surface area contributed by atoms with Crippen molar-refractivity contribution in [2.45, 2.75) is 38.3 Å². The van der Waals surface area contributed by atoms with E-state index in [-0.39, 0.29) is 18.0 Å². The van der Waals surface area contributed by atoms with E-state index >= 15 is 0 Å². The Morgan fingerprint density at radius 3 is 3.10 bits per heavy atom. The van der Waals surface area contributed by atoms with E-state index < -0.39 is 0 Å². The monoisotopic (exact) mass is 336 g/mol. The van der Waals surface area contributed by atoms with Crippen molar-refractivity contribution < 1.29 is 4.79 Å². The highest BCUT2D eigenvalue weighted by Gasteiger charge is 2.42. The maximum atomic E-state index is 12.5. The van der Waals surface area contributed by atoms with Crippen LogP contribution in [-0.2, 0) is 4.79 Å². The fraction of sp³-hybridized carbons (Fsp3) is 0.562. The van der Waals surface area contributed by atoms with Crippen molar-refractivity contribution in [3.63, 3.8) is 0 Å². The van der Waals surface area contributed by atoms with Crippen molar-refractivity contribution >= 4 is 21.8 Å². The third-order valence-electron chi connectivity index (χ3n) is 4.74. The lowest BCUT2D eigenvalue weighted by molar-refractivity contribution is -0.124. The minimum Gasteiger partial charge on any atom is -0.348 e. The molecule has 1 aliphatic heterocycles. The van der Waals surface area contributed by atoms with E-state index in [4.69, 9.17) is 0 Å². The van der Waals surface area contributed by atoms with Crippen LogP contribution in [0, 0.1) is 11.8 Å². The van der Waals surface area contributed by atoms with Crippen molar-refractivity contribution in [3.8, 4) is 0 Å². The number of rotatable bonds is 3. The van der Waals surface area contributed by atoms with Gasteiger partial charge in [0.2, 0.25) is 5.91 Å². The van der Waals surface area contributed by atoms with Gasteiger partial charge in [-0.05, 0) is 55.8 Å². The lowest BCUT2D eigenvalue weighted by atomic mass is 9.93. The zero-order valence-corrected chi connectivity index (χ0v) is 13.3. The molecule has 3 rings (SSSR count). The number of benzene rings is 1. The highest BCUT2D eigenvalue weighted by Crippen LogP contribution is 2.37. The third kappa shape index (κ3) is 2.77. The van der Waals surface area contributed by atoms with Crippen LogP contribution in [0.3, 0.4) is 0 Å². The Labute approximate surface area is 128 Å². The summed E-state index contributed by atoms with van der Waals surface area (Å²) in [6, 6.07) is 8.17. The van der Waals surface area contributed by atoms with Crippen LogP contribution >= 0.6 is 15.9 Å². The van der Waals surface area contributed by atoms with Gasteiger partial charge in [-0.1, -0.05) is 34.5 Å². The van der Waals surface area contributed by atoms with E-state index in [1.807, 2.05) is 19.1 Å². The third-order valence-corrected chi connectivity index (χ3v) is 5.23. The number of carbonyl (C=O) groups excluding carboxylic acids is 1. The number of amides is 1. The SMILES string of the molecule is C[C@@H](NC(=O)C1NCC2CCCC21)c1cccc(Br)c1. The van der Waals surface area contributed by atoms with Crippen molar-refractivity contribution in [1.29, 1.82) is 0 Å². The van der Waals surface area contributed by atoms with Gasteiger partial charge in [0.1, 0.15) is 0 Å². The Kier molecular flexibility index (Phi) is 4.13. The number of nitrogens with one attached hydrogen (secondary N) is 2. The van der Waals surface area contributed by atoms with Crippen molar-refractivity contribution in [2.75, 3.05) is 6.54 Å². The summed E-state index contributed by atoms with van der Waals surface area (Å²) in [7, 11) is 0. The van der Waals surface area contributed by atoms with Gasteiger partial charge in [0.15, 0.2) is 0 Å². The second-order valence-corrected chi connectivity index (χ2v) is 6.94. The van der Waals surface area contributed by atoms with Crippen LogP contribution < -0.4 is 10.6 Å². The van der Waals surface area contributed by atoms with Crippen LogP contribution in [0.15, 0.2) is 28.7 Å². The lowest BCUT2D eigenvalue weighted by Crippen LogP contribution is -2.44. The molecule has 1 aliphatic carbocycles. The first-order valence-electron chi connectivity index (χ1n) is 7.44. The Morgan fingerprint density at radius 1 is 1.45 bits per heavy atom. The number of hydrogen-bond acceptors (Lipinski definition) is 2. The summed E-state index contributed by atoms with van der Waals surface area (Å²) in [6.45, 7) is 3.05. The number of halogens is 1. The fourth-order valence-electron chi connectivity index (χ4n) is 3.64. The van der Waals surface area contributed by atoms with Crippen LogP contribution in [0.5, 0.6) is 0 Å². The van der Waals surface area contributed by atoms with Crippen molar-refractivity contribution in [1.82, 2.24) is 10.6 Å². The van der Waals surface area contributed by atoms with Crippen molar-refractivity contribution in [3.05, 3.63) is 34.3 Å². The summed E-state index contributed by atoms with van der Waals surface area (Å²) in [4.78, 5) is 12.5. The van der Waals surface area contributed by atoms with E-state index in [9.17, 15) is 4.79 Å². The maximum absolute atomic E-state index is 12.5. The predicted molar refractivity (Wildman–Crippen MR) is 83.3 cm³/mol. The molecule has 0 aromatic heterocycles. The number of hydrogen-bond donors (Lipinski definition) is 2. The molecule has 2 aliphatic rings. The van der Waals surface area contributed by atoms with E-state index in [0.717, 1.165) is 16.6 Å². The van der Waals surface area contributed by atoms with E-state index in [1.165, 1.54) is 19.3 Å². The first-order chi connectivity index (χ1) is 9.65. The van der Waals surface area contributed by atoms with Gasteiger partial charge in [-0.25, -0.2) is 0 Å². The van der Waals surface area contributed by atoms with Crippen LogP contribution in [-0.4, -0.2) is 18.5 Å². The normalized spacial score (nSPS) is 30.0. The Morgan fingerprint density at radius 2 is 2.30 bits per heavy atom. The molecular weight excluding hydrogens is 316 g/mol. The molecule has 1 aromatic carbocycles. The molecule has 4 heteroatoms. The van der Waals surface area contributed by atoms with Crippen molar-refractivity contribution in [2.24, 2.45) is 11.8 Å². The maximum Gasteiger partial charge on any atom is 0.237 e. The molecule has 108 valence electrons. The Balaban J connectivity index is 1.64. The van der Waals surface area contributed by atoms with Gasteiger partial charge in [0.25, 0.3) is 0 Å². The van der Waals surface area contributed by atoms with Crippen LogP contribution in [0.2, 0.25) is 0 Å². The second-order valence-electron chi connectivity index (χ2n) is 6.03. The quantitative estimate of drug-likeness (QED) is 0.890. The molecule has 1 saturated carbocycles. The average Bonchev–Trinajstić information content (AvgIpc) is 3.00. The molecule has 1 saturated heterocycles. The van der Waals surface area contributed by atoms with E-state index in [1.54, 1.807) is 0 Å². The summed E-state index contributed by atoms with van der Waals surface area (Å²) in [5.41, 5.74) is 1.13. The molecule has 1 aromatic rings. The highest BCUT2D eigenvalue weighted by molar-refractivity contribution is 9.10. The van der Waals surface area contributed by atoms with Gasteiger partial charge in [-0.15, -0.1) is 0 Å². The summed E-state index contributed by atoms with van der Waals surface area (Å²) in [5, 5.41) is 6.56. The first-order valence-corrected chi connectivity index (χ1v) is 8.23. The fourth-order valence-corrected chi connectivity index (χ4v) is 4.05.